The molecule has 0 radical (unpaired) electrons. The Morgan fingerprint density at radius 1 is 1.32 bits per heavy atom. The van der Waals surface area contributed by atoms with E-state index < -0.39 is 6.04 Å². The second kappa shape index (κ2) is 5.99. The Balaban J connectivity index is 2.03. The van der Waals surface area contributed by atoms with Crippen LogP contribution in [0, 0.1) is 6.92 Å². The molecule has 0 aliphatic heterocycles. The number of hydrogen-bond donors (Lipinski definition) is 2. The second-order valence-corrected chi connectivity index (χ2v) is 5.62. The van der Waals surface area contributed by atoms with Gasteiger partial charge in [-0.1, -0.05) is 35.9 Å². The third kappa shape index (κ3) is 3.43. The average Bonchev–Trinajstić information content (AvgIpc) is 2.91. The van der Waals surface area contributed by atoms with Crippen molar-refractivity contribution in [1.82, 2.24) is 5.32 Å². The zero-order valence-electron chi connectivity index (χ0n) is 11.1. The fourth-order valence-electron chi connectivity index (χ4n) is 1.92. The van der Waals surface area contributed by atoms with Crippen LogP contribution in [0.5, 0.6) is 0 Å². The molecule has 1 amide bonds. The third-order valence-electron chi connectivity index (χ3n) is 3.03. The highest BCUT2D eigenvalue weighted by Gasteiger charge is 2.18. The van der Waals surface area contributed by atoms with Crippen molar-refractivity contribution >= 4 is 17.2 Å². The molecule has 100 valence electrons. The Morgan fingerprint density at radius 3 is 2.74 bits per heavy atom. The van der Waals surface area contributed by atoms with Crippen LogP contribution in [0.2, 0.25) is 0 Å². The Labute approximate surface area is 117 Å². The lowest BCUT2D eigenvalue weighted by atomic mass is 10.1. The number of amides is 1. The molecule has 0 bridgehead atoms. The summed E-state index contributed by atoms with van der Waals surface area (Å²) in [5.74, 6) is -0.142. The lowest BCUT2D eigenvalue weighted by Gasteiger charge is -2.17. The highest BCUT2D eigenvalue weighted by molar-refractivity contribution is 7.10. The first-order chi connectivity index (χ1) is 9.08. The number of hydrogen-bond acceptors (Lipinski definition) is 3. The van der Waals surface area contributed by atoms with Crippen molar-refractivity contribution in [2.75, 3.05) is 0 Å². The number of benzene rings is 1. The van der Waals surface area contributed by atoms with Gasteiger partial charge in [0.2, 0.25) is 5.91 Å². The summed E-state index contributed by atoms with van der Waals surface area (Å²) in [6.45, 7) is 4.00. The van der Waals surface area contributed by atoms with E-state index in [-0.39, 0.29) is 11.9 Å². The Bertz CT molecular complexity index is 551. The maximum Gasteiger partial charge on any atom is 0.242 e. The van der Waals surface area contributed by atoms with Crippen molar-refractivity contribution in [3.8, 4) is 0 Å². The fraction of sp³-hybridized carbons (Fsp3) is 0.267. The van der Waals surface area contributed by atoms with Crippen LogP contribution in [0.1, 0.15) is 35.0 Å². The van der Waals surface area contributed by atoms with Gasteiger partial charge < -0.3 is 11.1 Å². The topological polar surface area (TPSA) is 55.1 Å². The van der Waals surface area contributed by atoms with E-state index in [1.807, 2.05) is 49.6 Å². The lowest BCUT2D eigenvalue weighted by molar-refractivity contribution is -0.123. The predicted octanol–water partition coefficient (Wildman–Crippen LogP) is 2.93. The summed E-state index contributed by atoms with van der Waals surface area (Å²) in [4.78, 5) is 13.0. The summed E-state index contributed by atoms with van der Waals surface area (Å²) in [5.41, 5.74) is 8.21. The van der Waals surface area contributed by atoms with Crippen molar-refractivity contribution in [2.45, 2.75) is 25.9 Å². The number of carbonyl (C=O) groups excluding carboxylic acids is 1. The van der Waals surface area contributed by atoms with Crippen LogP contribution in [0.4, 0.5) is 0 Å². The maximum absolute atomic E-state index is 12.1. The van der Waals surface area contributed by atoms with Crippen LogP contribution in [0.25, 0.3) is 0 Å². The highest BCUT2D eigenvalue weighted by Crippen LogP contribution is 2.19. The molecule has 0 saturated carbocycles. The van der Waals surface area contributed by atoms with E-state index in [0.29, 0.717) is 0 Å². The number of nitrogens with two attached hydrogens (primary N) is 1. The second-order valence-electron chi connectivity index (χ2n) is 4.64. The molecule has 4 heteroatoms. The van der Waals surface area contributed by atoms with E-state index >= 15 is 0 Å². The Hall–Kier alpha value is -1.65. The van der Waals surface area contributed by atoms with Crippen molar-refractivity contribution in [3.05, 3.63) is 57.8 Å². The smallest absolute Gasteiger partial charge is 0.242 e. The number of aryl methyl sites for hydroxylation is 1. The first kappa shape index (κ1) is 13.8. The first-order valence-corrected chi connectivity index (χ1v) is 7.12. The van der Waals surface area contributed by atoms with E-state index in [9.17, 15) is 4.79 Å². The van der Waals surface area contributed by atoms with Gasteiger partial charge in [0, 0.05) is 4.88 Å². The molecule has 3 N–H and O–H groups in total. The molecule has 0 spiro atoms. The summed E-state index contributed by atoms with van der Waals surface area (Å²) in [6, 6.07) is 11.3. The summed E-state index contributed by atoms with van der Waals surface area (Å²) in [5, 5.41) is 4.88. The van der Waals surface area contributed by atoms with Crippen LogP contribution in [0.3, 0.4) is 0 Å². The summed E-state index contributed by atoms with van der Waals surface area (Å²) < 4.78 is 0. The maximum atomic E-state index is 12.1. The molecule has 1 heterocycles. The van der Waals surface area contributed by atoms with E-state index in [4.69, 9.17) is 5.73 Å². The molecule has 1 aromatic carbocycles. The molecule has 2 aromatic rings. The largest absolute Gasteiger partial charge is 0.348 e. The lowest BCUT2D eigenvalue weighted by Crippen LogP contribution is -2.35. The van der Waals surface area contributed by atoms with Gasteiger partial charge >= 0.3 is 0 Å². The van der Waals surface area contributed by atoms with E-state index in [1.165, 1.54) is 16.9 Å². The Morgan fingerprint density at radius 2 is 2.11 bits per heavy atom. The normalized spacial score (nSPS) is 13.8. The van der Waals surface area contributed by atoms with Gasteiger partial charge in [-0.15, -0.1) is 11.3 Å². The monoisotopic (exact) mass is 274 g/mol. The number of nitrogens with one attached hydrogen (secondary N) is 1. The first-order valence-electron chi connectivity index (χ1n) is 6.24. The van der Waals surface area contributed by atoms with Gasteiger partial charge in [-0.25, -0.2) is 0 Å². The van der Waals surface area contributed by atoms with Crippen molar-refractivity contribution in [1.29, 1.82) is 0 Å². The van der Waals surface area contributed by atoms with Gasteiger partial charge in [0.1, 0.15) is 6.04 Å². The molecule has 2 atom stereocenters. The van der Waals surface area contributed by atoms with Gasteiger partial charge in [-0.3, -0.25) is 4.79 Å². The summed E-state index contributed by atoms with van der Waals surface area (Å²) in [6.07, 6.45) is 0. The van der Waals surface area contributed by atoms with Crippen molar-refractivity contribution < 1.29 is 4.79 Å². The van der Waals surface area contributed by atoms with Crippen molar-refractivity contribution in [3.63, 3.8) is 0 Å². The molecular formula is C15H18N2OS. The zero-order chi connectivity index (χ0) is 13.8. The molecule has 1 aromatic heterocycles. The van der Waals surface area contributed by atoms with E-state index in [2.05, 4.69) is 11.4 Å². The van der Waals surface area contributed by atoms with Crippen molar-refractivity contribution in [2.24, 2.45) is 5.73 Å². The minimum atomic E-state index is -0.591. The Kier molecular flexibility index (Phi) is 4.35. The highest BCUT2D eigenvalue weighted by atomic mass is 32.1. The zero-order valence-corrected chi connectivity index (χ0v) is 11.9. The van der Waals surface area contributed by atoms with Gasteiger partial charge in [0.05, 0.1) is 6.04 Å². The SMILES string of the molecule is Cc1cccc([C@H](C)NC(=O)C(N)c2cccs2)c1. The molecule has 19 heavy (non-hydrogen) atoms. The molecule has 0 aliphatic rings. The van der Waals surface area contributed by atoms with Gasteiger partial charge in [0.15, 0.2) is 0 Å². The van der Waals surface area contributed by atoms with E-state index in [0.717, 1.165) is 10.4 Å². The van der Waals surface area contributed by atoms with Crippen LogP contribution in [0.15, 0.2) is 41.8 Å². The number of rotatable bonds is 4. The van der Waals surface area contributed by atoms with Gasteiger partial charge in [-0.05, 0) is 30.9 Å². The van der Waals surface area contributed by atoms with Crippen LogP contribution in [-0.2, 0) is 4.79 Å². The van der Waals surface area contributed by atoms with Crippen LogP contribution >= 0.6 is 11.3 Å². The van der Waals surface area contributed by atoms with Crippen LogP contribution < -0.4 is 11.1 Å². The molecule has 0 saturated heterocycles. The number of carbonyl (C=O) groups is 1. The fourth-order valence-corrected chi connectivity index (χ4v) is 2.65. The quantitative estimate of drug-likeness (QED) is 0.900. The van der Waals surface area contributed by atoms with E-state index in [1.54, 1.807) is 0 Å². The predicted molar refractivity (Wildman–Crippen MR) is 79.0 cm³/mol. The van der Waals surface area contributed by atoms with Gasteiger partial charge in [0.25, 0.3) is 0 Å². The standard InChI is InChI=1S/C15H18N2OS/c1-10-5-3-6-12(9-10)11(2)17-15(18)14(16)13-7-4-8-19-13/h3-9,11,14H,16H2,1-2H3,(H,17,18)/t11-,14?/m0/s1. The summed E-state index contributed by atoms with van der Waals surface area (Å²) in [7, 11) is 0. The molecule has 0 aliphatic carbocycles. The van der Waals surface area contributed by atoms with Gasteiger partial charge in [-0.2, -0.15) is 0 Å². The molecular weight excluding hydrogens is 256 g/mol. The average molecular weight is 274 g/mol. The minimum absolute atomic E-state index is 0.0431. The number of thiophene rings is 1. The van der Waals surface area contributed by atoms with Crippen LogP contribution in [-0.4, -0.2) is 5.91 Å². The molecule has 1 unspecified atom stereocenters. The molecule has 3 nitrogen and oxygen atoms in total. The third-order valence-corrected chi connectivity index (χ3v) is 3.99. The molecule has 0 fully saturated rings. The molecule has 2 rings (SSSR count). The summed E-state index contributed by atoms with van der Waals surface area (Å²) >= 11 is 1.50. The minimum Gasteiger partial charge on any atom is -0.348 e.